The number of carbonyl (C=O) groups excluding carboxylic acids is 2. The SMILES string of the molecule is CC.CC.Cc1cccc(NC(=O)/C(=C\O)C(=O)N=c2sccn2C)c1Cl. The summed E-state index contributed by atoms with van der Waals surface area (Å²) in [6.45, 7) is 9.79. The number of thiazole rings is 1. The van der Waals surface area contributed by atoms with Crippen LogP contribution in [0.1, 0.15) is 33.3 Å². The van der Waals surface area contributed by atoms with Crippen LogP contribution < -0.4 is 10.1 Å². The van der Waals surface area contributed by atoms with E-state index in [2.05, 4.69) is 10.3 Å². The Kier molecular flexibility index (Phi) is 11.8. The van der Waals surface area contributed by atoms with E-state index in [1.807, 2.05) is 27.7 Å². The molecule has 0 spiro atoms. The number of nitrogens with one attached hydrogen (secondary N) is 1. The fourth-order valence-corrected chi connectivity index (χ4v) is 2.63. The molecule has 1 aromatic carbocycles. The standard InChI is InChI=1S/C15H14ClN3O3S.2C2H6/c1-9-4-3-5-11(12(9)16)17-13(21)10(8-20)14(22)18-15-19(2)6-7-23-15;2*1-2/h3-8,20H,1-2H3,(H,17,21);2*1-2H3/b10-8+,18-15?;;. The normalized spacial score (nSPS) is 10.9. The lowest BCUT2D eigenvalue weighted by molar-refractivity contribution is -0.119. The van der Waals surface area contributed by atoms with Crippen LogP contribution in [-0.4, -0.2) is 21.5 Å². The highest BCUT2D eigenvalue weighted by Crippen LogP contribution is 2.25. The third-order valence-corrected chi connectivity index (χ3v) is 4.35. The third-order valence-electron chi connectivity index (χ3n) is 3.00. The van der Waals surface area contributed by atoms with Crippen molar-refractivity contribution in [1.82, 2.24) is 4.57 Å². The molecular formula is C19H26ClN3O3S. The Labute approximate surface area is 168 Å². The van der Waals surface area contributed by atoms with Crippen molar-refractivity contribution in [3.63, 3.8) is 0 Å². The lowest BCUT2D eigenvalue weighted by Gasteiger charge is -2.09. The average Bonchev–Trinajstić information content (AvgIpc) is 3.07. The molecule has 0 saturated heterocycles. The van der Waals surface area contributed by atoms with Crippen LogP contribution in [0.5, 0.6) is 0 Å². The van der Waals surface area contributed by atoms with E-state index >= 15 is 0 Å². The molecule has 0 saturated carbocycles. The second-order valence-electron chi connectivity index (χ2n) is 4.65. The molecule has 148 valence electrons. The zero-order chi connectivity index (χ0) is 21.0. The number of aliphatic hydroxyl groups excluding tert-OH is 1. The van der Waals surface area contributed by atoms with E-state index in [1.165, 1.54) is 11.3 Å². The highest BCUT2D eigenvalue weighted by molar-refractivity contribution is 7.07. The van der Waals surface area contributed by atoms with Gasteiger partial charge in [0.25, 0.3) is 11.8 Å². The molecule has 0 unspecified atom stereocenters. The molecule has 2 rings (SSSR count). The van der Waals surface area contributed by atoms with Crippen molar-refractivity contribution in [2.75, 3.05) is 5.32 Å². The Morgan fingerprint density at radius 1 is 1.26 bits per heavy atom. The van der Waals surface area contributed by atoms with Gasteiger partial charge in [-0.15, -0.1) is 11.3 Å². The van der Waals surface area contributed by atoms with Crippen molar-refractivity contribution in [3.05, 3.63) is 57.0 Å². The van der Waals surface area contributed by atoms with E-state index in [0.29, 0.717) is 21.8 Å². The van der Waals surface area contributed by atoms with Gasteiger partial charge in [-0.05, 0) is 18.6 Å². The Hall–Kier alpha value is -2.38. The molecule has 0 aliphatic carbocycles. The van der Waals surface area contributed by atoms with Gasteiger partial charge in [-0.3, -0.25) is 9.59 Å². The molecule has 0 radical (unpaired) electrons. The lowest BCUT2D eigenvalue weighted by Crippen LogP contribution is -2.22. The molecule has 2 N–H and O–H groups in total. The fourth-order valence-electron chi connectivity index (χ4n) is 1.73. The van der Waals surface area contributed by atoms with Gasteiger partial charge in [-0.25, -0.2) is 0 Å². The Morgan fingerprint density at radius 2 is 1.89 bits per heavy atom. The molecule has 0 atom stereocenters. The summed E-state index contributed by atoms with van der Waals surface area (Å²) < 4.78 is 1.63. The summed E-state index contributed by atoms with van der Waals surface area (Å²) in [7, 11) is 1.72. The molecule has 6 nitrogen and oxygen atoms in total. The molecule has 1 aromatic heterocycles. The Balaban J connectivity index is 0.00000158. The molecule has 0 fully saturated rings. The van der Waals surface area contributed by atoms with Gasteiger partial charge in [0.1, 0.15) is 5.57 Å². The number of halogens is 1. The molecule has 2 aromatic rings. The minimum Gasteiger partial charge on any atom is -0.515 e. The van der Waals surface area contributed by atoms with Gasteiger partial charge in [0.05, 0.1) is 17.0 Å². The number of carbonyl (C=O) groups is 2. The summed E-state index contributed by atoms with van der Waals surface area (Å²) in [5.74, 6) is -1.63. The summed E-state index contributed by atoms with van der Waals surface area (Å²) in [5, 5.41) is 13.8. The van der Waals surface area contributed by atoms with Gasteiger partial charge >= 0.3 is 0 Å². The lowest BCUT2D eigenvalue weighted by atomic mass is 10.2. The van der Waals surface area contributed by atoms with Crippen LogP contribution in [0.25, 0.3) is 0 Å². The maximum absolute atomic E-state index is 12.2. The molecule has 2 amide bonds. The quantitative estimate of drug-likeness (QED) is 0.335. The van der Waals surface area contributed by atoms with Crippen molar-refractivity contribution in [3.8, 4) is 0 Å². The van der Waals surface area contributed by atoms with E-state index in [4.69, 9.17) is 11.6 Å². The number of aliphatic hydroxyl groups is 1. The van der Waals surface area contributed by atoms with Gasteiger partial charge in [0, 0.05) is 18.6 Å². The van der Waals surface area contributed by atoms with Crippen LogP contribution in [0, 0.1) is 6.92 Å². The molecule has 0 bridgehead atoms. The fraction of sp³-hybridized carbons (Fsp3) is 0.316. The minimum absolute atomic E-state index is 0.352. The summed E-state index contributed by atoms with van der Waals surface area (Å²) in [6.07, 6.45) is 2.17. The van der Waals surface area contributed by atoms with Gasteiger partial charge in [-0.1, -0.05) is 51.4 Å². The molecule has 0 aliphatic rings. The number of benzene rings is 1. The third kappa shape index (κ3) is 7.03. The van der Waals surface area contributed by atoms with Crippen LogP contribution in [0.4, 0.5) is 5.69 Å². The van der Waals surface area contributed by atoms with Crippen molar-refractivity contribution in [1.29, 1.82) is 0 Å². The number of aryl methyl sites for hydroxylation is 2. The number of hydrogen-bond acceptors (Lipinski definition) is 4. The second kappa shape index (κ2) is 12.9. The topological polar surface area (TPSA) is 83.7 Å². The van der Waals surface area contributed by atoms with Crippen molar-refractivity contribution >= 4 is 40.4 Å². The van der Waals surface area contributed by atoms with E-state index in [0.717, 1.165) is 5.56 Å². The van der Waals surface area contributed by atoms with Crippen LogP contribution >= 0.6 is 22.9 Å². The van der Waals surface area contributed by atoms with Crippen LogP contribution in [0.2, 0.25) is 5.02 Å². The van der Waals surface area contributed by atoms with Crippen molar-refractivity contribution in [2.45, 2.75) is 34.6 Å². The number of aromatic nitrogens is 1. The monoisotopic (exact) mass is 411 g/mol. The van der Waals surface area contributed by atoms with E-state index in [-0.39, 0.29) is 0 Å². The highest BCUT2D eigenvalue weighted by atomic mass is 35.5. The van der Waals surface area contributed by atoms with Crippen molar-refractivity contribution < 1.29 is 14.7 Å². The van der Waals surface area contributed by atoms with Crippen LogP contribution in [-0.2, 0) is 16.6 Å². The first-order valence-electron chi connectivity index (χ1n) is 8.54. The van der Waals surface area contributed by atoms with Gasteiger partial charge in [0.2, 0.25) is 0 Å². The molecular weight excluding hydrogens is 386 g/mol. The minimum atomic E-state index is -0.841. The number of hydrogen-bond donors (Lipinski definition) is 2. The summed E-state index contributed by atoms with van der Waals surface area (Å²) >= 11 is 7.33. The predicted octanol–water partition coefficient (Wildman–Crippen LogP) is 4.61. The number of nitrogens with zero attached hydrogens (tertiary/aromatic N) is 2. The molecule has 8 heteroatoms. The van der Waals surface area contributed by atoms with Gasteiger partial charge in [0.15, 0.2) is 4.80 Å². The number of rotatable bonds is 3. The summed E-state index contributed by atoms with van der Waals surface area (Å²) in [4.78, 5) is 28.5. The van der Waals surface area contributed by atoms with Crippen LogP contribution in [0.3, 0.4) is 0 Å². The first-order valence-corrected chi connectivity index (χ1v) is 9.80. The molecule has 27 heavy (non-hydrogen) atoms. The maximum Gasteiger partial charge on any atom is 0.288 e. The predicted molar refractivity (Wildman–Crippen MR) is 112 cm³/mol. The van der Waals surface area contributed by atoms with E-state index in [9.17, 15) is 14.7 Å². The largest absolute Gasteiger partial charge is 0.515 e. The maximum atomic E-state index is 12.2. The van der Waals surface area contributed by atoms with Crippen LogP contribution in [0.15, 0.2) is 46.6 Å². The number of anilines is 1. The Morgan fingerprint density at radius 3 is 2.41 bits per heavy atom. The molecule has 0 aliphatic heterocycles. The smallest absolute Gasteiger partial charge is 0.288 e. The summed E-state index contributed by atoms with van der Waals surface area (Å²) in [6, 6.07) is 5.11. The first-order chi connectivity index (χ1) is 12.9. The van der Waals surface area contributed by atoms with E-state index < -0.39 is 17.4 Å². The van der Waals surface area contributed by atoms with Gasteiger partial charge < -0.3 is 15.0 Å². The van der Waals surface area contributed by atoms with E-state index in [1.54, 1.807) is 48.3 Å². The highest BCUT2D eigenvalue weighted by Gasteiger charge is 2.19. The van der Waals surface area contributed by atoms with Gasteiger partial charge in [-0.2, -0.15) is 4.99 Å². The van der Waals surface area contributed by atoms with Crippen molar-refractivity contribution in [2.24, 2.45) is 12.0 Å². The molecule has 1 heterocycles. The second-order valence-corrected chi connectivity index (χ2v) is 5.90. The zero-order valence-corrected chi connectivity index (χ0v) is 18.0. The Bertz CT molecular complexity index is 854. The first kappa shape index (κ1) is 24.6. The zero-order valence-electron chi connectivity index (χ0n) is 16.4. The average molecular weight is 412 g/mol. The summed E-state index contributed by atoms with van der Waals surface area (Å²) in [5.41, 5.74) is 0.655. The number of amides is 2.